The van der Waals surface area contributed by atoms with Crippen LogP contribution in [-0.4, -0.2) is 30.4 Å². The van der Waals surface area contributed by atoms with Crippen LogP contribution in [0.5, 0.6) is 0 Å². The van der Waals surface area contributed by atoms with E-state index in [1.54, 1.807) is 0 Å². The predicted molar refractivity (Wildman–Crippen MR) is 102 cm³/mol. The van der Waals surface area contributed by atoms with Crippen LogP contribution in [0.15, 0.2) is 36.0 Å². The fraction of sp³-hybridized carbons (Fsp3) is 0.450. The van der Waals surface area contributed by atoms with Crippen molar-refractivity contribution in [3.05, 3.63) is 47.3 Å². The summed E-state index contributed by atoms with van der Waals surface area (Å²) in [5.74, 6) is 0.698. The SMILES string of the molecule is C[Si](C)(C)/C=C/[C@@H]1CC(=O)N2CCc3c([nH]c4ccccc34)[C@H]2C1. The van der Waals surface area contributed by atoms with Crippen LogP contribution in [0.25, 0.3) is 10.9 Å². The van der Waals surface area contributed by atoms with E-state index in [4.69, 9.17) is 0 Å². The van der Waals surface area contributed by atoms with Gasteiger partial charge in [-0.3, -0.25) is 4.79 Å². The average molecular weight is 339 g/mol. The Labute approximate surface area is 144 Å². The number of nitrogens with one attached hydrogen (secondary N) is 1. The molecular formula is C20H26N2OSi. The average Bonchev–Trinajstić information content (AvgIpc) is 2.91. The molecule has 0 unspecified atom stereocenters. The maximum absolute atomic E-state index is 12.7. The number of carbonyl (C=O) groups excluding carboxylic acids is 1. The van der Waals surface area contributed by atoms with Crippen molar-refractivity contribution in [2.24, 2.45) is 5.92 Å². The molecule has 0 radical (unpaired) electrons. The molecule has 0 saturated carbocycles. The first kappa shape index (κ1) is 15.7. The minimum absolute atomic E-state index is 0.221. The molecule has 2 aromatic rings. The molecule has 0 aliphatic carbocycles. The Balaban J connectivity index is 1.69. The van der Waals surface area contributed by atoms with Crippen molar-refractivity contribution in [2.45, 2.75) is 44.9 Å². The lowest BCUT2D eigenvalue weighted by Crippen LogP contribution is -2.45. The van der Waals surface area contributed by atoms with Crippen LogP contribution < -0.4 is 0 Å². The molecule has 3 heterocycles. The van der Waals surface area contributed by atoms with Gasteiger partial charge in [-0.15, -0.1) is 0 Å². The van der Waals surface area contributed by atoms with Gasteiger partial charge in [-0.05, 0) is 30.4 Å². The lowest BCUT2D eigenvalue weighted by atomic mass is 9.84. The van der Waals surface area contributed by atoms with Gasteiger partial charge in [0.05, 0.1) is 14.1 Å². The van der Waals surface area contributed by atoms with Gasteiger partial charge >= 0.3 is 0 Å². The van der Waals surface area contributed by atoms with Crippen molar-refractivity contribution in [3.8, 4) is 0 Å². The van der Waals surface area contributed by atoms with E-state index in [1.165, 1.54) is 22.2 Å². The maximum Gasteiger partial charge on any atom is 0.223 e. The quantitative estimate of drug-likeness (QED) is 0.808. The zero-order chi connectivity index (χ0) is 16.9. The van der Waals surface area contributed by atoms with Gasteiger partial charge in [0.2, 0.25) is 5.91 Å². The number of amides is 1. The van der Waals surface area contributed by atoms with Crippen LogP contribution in [0.3, 0.4) is 0 Å². The fourth-order valence-electron chi connectivity index (χ4n) is 4.15. The number of nitrogens with zero attached hydrogens (tertiary/aromatic N) is 1. The predicted octanol–water partition coefficient (Wildman–Crippen LogP) is 4.44. The number of para-hydroxylation sites is 1. The molecule has 24 heavy (non-hydrogen) atoms. The van der Waals surface area contributed by atoms with Gasteiger partial charge in [-0.25, -0.2) is 0 Å². The van der Waals surface area contributed by atoms with E-state index in [0.29, 0.717) is 18.2 Å². The van der Waals surface area contributed by atoms with Crippen molar-refractivity contribution in [1.82, 2.24) is 9.88 Å². The Morgan fingerprint density at radius 2 is 2.04 bits per heavy atom. The number of hydrogen-bond donors (Lipinski definition) is 1. The first-order valence-electron chi connectivity index (χ1n) is 9.01. The Kier molecular flexibility index (Phi) is 3.68. The number of aromatic nitrogens is 1. The Bertz CT molecular complexity index is 815. The molecule has 1 fully saturated rings. The number of carbonyl (C=O) groups is 1. The highest BCUT2D eigenvalue weighted by molar-refractivity contribution is 6.80. The van der Waals surface area contributed by atoms with E-state index in [9.17, 15) is 4.79 Å². The number of hydrogen-bond acceptors (Lipinski definition) is 1. The number of fused-ring (bicyclic) bond motifs is 5. The third kappa shape index (κ3) is 2.73. The van der Waals surface area contributed by atoms with Crippen molar-refractivity contribution < 1.29 is 4.79 Å². The van der Waals surface area contributed by atoms with E-state index >= 15 is 0 Å². The largest absolute Gasteiger partial charge is 0.356 e. The molecule has 3 nitrogen and oxygen atoms in total. The standard InChI is InChI=1S/C20H26N2OSi/c1-24(2,3)11-9-14-12-18-20-16(8-10-22(18)19(23)13-14)15-6-4-5-7-17(15)21-20/h4-7,9,11,14,18,21H,8,10,12-13H2,1-3H3/b11-9+/t14-,18+/m0/s1. The van der Waals surface area contributed by atoms with E-state index in [2.05, 4.69) is 65.6 Å². The van der Waals surface area contributed by atoms with Gasteiger partial charge in [0.25, 0.3) is 0 Å². The van der Waals surface area contributed by atoms with Gasteiger partial charge < -0.3 is 9.88 Å². The minimum Gasteiger partial charge on any atom is -0.356 e. The maximum atomic E-state index is 12.7. The number of aromatic amines is 1. The topological polar surface area (TPSA) is 36.1 Å². The van der Waals surface area contributed by atoms with Gasteiger partial charge in [0, 0.05) is 29.6 Å². The molecule has 4 heteroatoms. The summed E-state index contributed by atoms with van der Waals surface area (Å²) in [7, 11) is -1.22. The second-order valence-electron chi connectivity index (χ2n) is 8.34. The number of H-pyrrole nitrogens is 1. The molecule has 0 bridgehead atoms. The first-order chi connectivity index (χ1) is 11.4. The van der Waals surface area contributed by atoms with Crippen molar-refractivity contribution in [1.29, 1.82) is 0 Å². The summed E-state index contributed by atoms with van der Waals surface area (Å²) in [5, 5.41) is 1.33. The highest BCUT2D eigenvalue weighted by atomic mass is 28.3. The molecule has 1 aromatic heterocycles. The molecule has 1 aromatic carbocycles. The second kappa shape index (κ2) is 5.62. The van der Waals surface area contributed by atoms with E-state index < -0.39 is 8.07 Å². The minimum atomic E-state index is -1.22. The lowest BCUT2D eigenvalue weighted by Gasteiger charge is -2.41. The molecule has 1 saturated heterocycles. The number of allylic oxidation sites excluding steroid dienone is 1. The van der Waals surface area contributed by atoms with Crippen LogP contribution >= 0.6 is 0 Å². The molecule has 2 aliphatic rings. The third-order valence-electron chi connectivity index (χ3n) is 5.31. The van der Waals surface area contributed by atoms with Crippen molar-refractivity contribution >= 4 is 24.9 Å². The Hall–Kier alpha value is -1.81. The molecule has 2 aliphatic heterocycles. The normalized spacial score (nSPS) is 24.5. The molecule has 0 spiro atoms. The van der Waals surface area contributed by atoms with Gasteiger partial charge in [-0.2, -0.15) is 0 Å². The zero-order valence-corrected chi connectivity index (χ0v) is 15.8. The summed E-state index contributed by atoms with van der Waals surface area (Å²) in [5.41, 5.74) is 6.31. The summed E-state index contributed by atoms with van der Waals surface area (Å²) in [6, 6.07) is 8.75. The summed E-state index contributed by atoms with van der Waals surface area (Å²) in [6.45, 7) is 7.90. The Morgan fingerprint density at radius 3 is 2.83 bits per heavy atom. The fourth-order valence-corrected chi connectivity index (χ4v) is 4.99. The van der Waals surface area contributed by atoms with Crippen LogP contribution in [-0.2, 0) is 11.2 Å². The van der Waals surface area contributed by atoms with Crippen LogP contribution in [0.1, 0.15) is 30.1 Å². The lowest BCUT2D eigenvalue weighted by molar-refractivity contribution is -0.138. The molecule has 2 atom stereocenters. The van der Waals surface area contributed by atoms with Crippen LogP contribution in [0.2, 0.25) is 19.6 Å². The number of rotatable bonds is 2. The summed E-state index contributed by atoms with van der Waals surface area (Å²) in [4.78, 5) is 18.4. The van der Waals surface area contributed by atoms with Crippen LogP contribution in [0, 0.1) is 5.92 Å². The smallest absolute Gasteiger partial charge is 0.223 e. The molecule has 4 rings (SSSR count). The summed E-state index contributed by atoms with van der Waals surface area (Å²) >= 11 is 0. The van der Waals surface area contributed by atoms with E-state index in [0.717, 1.165) is 19.4 Å². The highest BCUT2D eigenvalue weighted by Crippen LogP contribution is 2.41. The molecule has 126 valence electrons. The van der Waals surface area contributed by atoms with Gasteiger partial charge in [0.1, 0.15) is 0 Å². The van der Waals surface area contributed by atoms with Gasteiger partial charge in [0.15, 0.2) is 0 Å². The number of piperidine rings is 1. The molecule has 1 N–H and O–H groups in total. The van der Waals surface area contributed by atoms with E-state index in [-0.39, 0.29) is 6.04 Å². The summed E-state index contributed by atoms with van der Waals surface area (Å²) < 4.78 is 0. The molecule has 1 amide bonds. The zero-order valence-electron chi connectivity index (χ0n) is 14.8. The number of benzene rings is 1. The van der Waals surface area contributed by atoms with Crippen molar-refractivity contribution in [3.63, 3.8) is 0 Å². The van der Waals surface area contributed by atoms with E-state index in [1.807, 2.05) is 0 Å². The highest BCUT2D eigenvalue weighted by Gasteiger charge is 2.38. The van der Waals surface area contributed by atoms with Crippen LogP contribution in [0.4, 0.5) is 0 Å². The monoisotopic (exact) mass is 338 g/mol. The van der Waals surface area contributed by atoms with Crippen molar-refractivity contribution in [2.75, 3.05) is 6.54 Å². The molecular weight excluding hydrogens is 312 g/mol. The second-order valence-corrected chi connectivity index (χ2v) is 13.4. The third-order valence-corrected chi connectivity index (χ3v) is 6.50. The summed E-state index contributed by atoms with van der Waals surface area (Å²) in [6.07, 6.45) is 5.02. The first-order valence-corrected chi connectivity index (χ1v) is 12.6. The Morgan fingerprint density at radius 1 is 1.25 bits per heavy atom. The van der Waals surface area contributed by atoms with Gasteiger partial charge in [-0.1, -0.05) is 49.6 Å².